The first-order valence-electron chi connectivity index (χ1n) is 5.90. The van der Waals surface area contributed by atoms with Crippen LogP contribution in [0.2, 0.25) is 5.02 Å². The van der Waals surface area contributed by atoms with Gasteiger partial charge in [-0.15, -0.1) is 0 Å². The van der Waals surface area contributed by atoms with E-state index in [2.05, 4.69) is 22.3 Å². The van der Waals surface area contributed by atoms with Crippen LogP contribution in [0.5, 0.6) is 0 Å². The molecule has 0 aliphatic heterocycles. The van der Waals surface area contributed by atoms with E-state index in [9.17, 15) is 0 Å². The van der Waals surface area contributed by atoms with Gasteiger partial charge in [0, 0.05) is 18.3 Å². The zero-order valence-corrected chi connectivity index (χ0v) is 11.6. The maximum absolute atomic E-state index is 5.90. The number of nitrogen functional groups attached to an aromatic ring is 1. The quantitative estimate of drug-likeness (QED) is 0.664. The molecule has 6 heteroatoms. The summed E-state index contributed by atoms with van der Waals surface area (Å²) in [6, 6.07) is 9.78. The predicted octanol–water partition coefficient (Wildman–Crippen LogP) is 2.61. The monoisotopic (exact) mass is 277 g/mol. The van der Waals surface area contributed by atoms with E-state index in [1.165, 1.54) is 0 Å². The first-order chi connectivity index (χ1) is 9.11. The first kappa shape index (κ1) is 13.6. The van der Waals surface area contributed by atoms with E-state index in [1.54, 1.807) is 6.20 Å². The van der Waals surface area contributed by atoms with E-state index in [-0.39, 0.29) is 6.04 Å². The van der Waals surface area contributed by atoms with Gasteiger partial charge in [0.25, 0.3) is 0 Å². The van der Waals surface area contributed by atoms with Crippen LogP contribution in [0.25, 0.3) is 0 Å². The fourth-order valence-electron chi connectivity index (χ4n) is 1.78. The molecular formula is C13H16ClN5. The Morgan fingerprint density at radius 3 is 2.58 bits per heavy atom. The topological polar surface area (TPSA) is 67.1 Å². The summed E-state index contributed by atoms with van der Waals surface area (Å²) in [7, 11) is 1.97. The minimum Gasteiger partial charge on any atom is -0.353 e. The molecule has 0 fully saturated rings. The summed E-state index contributed by atoms with van der Waals surface area (Å²) in [6.45, 7) is 2.10. The number of hydrazine groups is 1. The third-order valence-corrected chi connectivity index (χ3v) is 3.32. The molecule has 0 radical (unpaired) electrons. The Kier molecular flexibility index (Phi) is 4.19. The Balaban J connectivity index is 2.22. The Labute approximate surface area is 117 Å². The minimum absolute atomic E-state index is 0.165. The van der Waals surface area contributed by atoms with Crippen molar-refractivity contribution in [3.05, 3.63) is 47.1 Å². The maximum atomic E-state index is 5.90. The molecule has 2 aromatic rings. The van der Waals surface area contributed by atoms with Crippen LogP contribution in [0.1, 0.15) is 18.5 Å². The van der Waals surface area contributed by atoms with Crippen LogP contribution in [-0.4, -0.2) is 17.0 Å². The van der Waals surface area contributed by atoms with E-state index in [0.29, 0.717) is 5.95 Å². The van der Waals surface area contributed by atoms with Crippen LogP contribution in [0.4, 0.5) is 11.8 Å². The molecule has 0 bridgehead atoms. The summed E-state index contributed by atoms with van der Waals surface area (Å²) < 4.78 is 0. The summed E-state index contributed by atoms with van der Waals surface area (Å²) in [5, 5.41) is 0.732. The molecule has 0 aliphatic carbocycles. The van der Waals surface area contributed by atoms with Crippen molar-refractivity contribution in [1.82, 2.24) is 9.97 Å². The van der Waals surface area contributed by atoms with Crippen LogP contribution in [0.3, 0.4) is 0 Å². The van der Waals surface area contributed by atoms with Crippen LogP contribution in [0, 0.1) is 0 Å². The normalized spacial score (nSPS) is 12.0. The van der Waals surface area contributed by atoms with Crippen LogP contribution < -0.4 is 16.2 Å². The van der Waals surface area contributed by atoms with Gasteiger partial charge < -0.3 is 4.90 Å². The third-order valence-electron chi connectivity index (χ3n) is 3.06. The number of nitrogens with zero attached hydrogens (tertiary/aromatic N) is 3. The highest BCUT2D eigenvalue weighted by molar-refractivity contribution is 6.30. The van der Waals surface area contributed by atoms with Crippen molar-refractivity contribution < 1.29 is 0 Å². The molecule has 19 heavy (non-hydrogen) atoms. The highest BCUT2D eigenvalue weighted by Gasteiger charge is 2.13. The van der Waals surface area contributed by atoms with Crippen LogP contribution in [-0.2, 0) is 0 Å². The molecule has 0 amide bonds. The number of benzene rings is 1. The number of anilines is 2. The second kappa shape index (κ2) is 5.86. The molecule has 1 atom stereocenters. The Morgan fingerprint density at radius 2 is 1.95 bits per heavy atom. The summed E-state index contributed by atoms with van der Waals surface area (Å²) in [5.74, 6) is 6.51. The van der Waals surface area contributed by atoms with E-state index < -0.39 is 0 Å². The fourth-order valence-corrected chi connectivity index (χ4v) is 1.90. The molecule has 0 saturated heterocycles. The smallest absolute Gasteiger partial charge is 0.239 e. The van der Waals surface area contributed by atoms with Crippen molar-refractivity contribution in [2.75, 3.05) is 17.4 Å². The minimum atomic E-state index is 0.165. The number of hydrogen-bond donors (Lipinski definition) is 2. The Bertz CT molecular complexity index is 543. The maximum Gasteiger partial charge on any atom is 0.239 e. The number of nitrogens with two attached hydrogens (primary N) is 1. The van der Waals surface area contributed by atoms with Crippen molar-refractivity contribution in [2.24, 2.45) is 5.84 Å². The lowest BCUT2D eigenvalue weighted by Gasteiger charge is -2.26. The standard InChI is InChI=1S/C13H16ClN5/c1-9(10-3-5-11(14)6-4-10)19(2)12-7-8-16-13(17-12)18-15/h3-9H,15H2,1-2H3,(H,16,17,18). The van der Waals surface area contributed by atoms with Crippen molar-refractivity contribution in [3.8, 4) is 0 Å². The number of nitrogens with one attached hydrogen (secondary N) is 1. The average Bonchev–Trinajstić information content (AvgIpc) is 2.46. The summed E-state index contributed by atoms with van der Waals surface area (Å²) in [5.41, 5.74) is 3.60. The average molecular weight is 278 g/mol. The van der Waals surface area contributed by atoms with Gasteiger partial charge in [0.2, 0.25) is 5.95 Å². The molecule has 1 unspecified atom stereocenters. The van der Waals surface area contributed by atoms with Crippen molar-refractivity contribution in [3.63, 3.8) is 0 Å². The van der Waals surface area contributed by atoms with E-state index >= 15 is 0 Å². The molecule has 2 rings (SSSR count). The highest BCUT2D eigenvalue weighted by atomic mass is 35.5. The molecule has 3 N–H and O–H groups in total. The number of aromatic nitrogens is 2. The number of rotatable bonds is 4. The number of halogens is 1. The number of hydrogen-bond acceptors (Lipinski definition) is 5. The lowest BCUT2D eigenvalue weighted by molar-refractivity contribution is 0.727. The van der Waals surface area contributed by atoms with Crippen LogP contribution >= 0.6 is 11.6 Å². The van der Waals surface area contributed by atoms with Gasteiger partial charge in [0.1, 0.15) is 5.82 Å². The second-order valence-corrected chi connectivity index (χ2v) is 4.66. The van der Waals surface area contributed by atoms with E-state index in [0.717, 1.165) is 16.4 Å². The zero-order valence-electron chi connectivity index (χ0n) is 10.8. The summed E-state index contributed by atoms with van der Waals surface area (Å²) >= 11 is 5.90. The molecule has 0 spiro atoms. The van der Waals surface area contributed by atoms with Crippen LogP contribution in [0.15, 0.2) is 36.5 Å². The second-order valence-electron chi connectivity index (χ2n) is 4.22. The molecule has 0 saturated carbocycles. The van der Waals surface area contributed by atoms with Crippen molar-refractivity contribution in [2.45, 2.75) is 13.0 Å². The van der Waals surface area contributed by atoms with Gasteiger partial charge in [0.15, 0.2) is 0 Å². The Morgan fingerprint density at radius 1 is 1.26 bits per heavy atom. The molecule has 1 aromatic carbocycles. The van der Waals surface area contributed by atoms with Gasteiger partial charge in [-0.25, -0.2) is 10.8 Å². The molecule has 1 aromatic heterocycles. The van der Waals surface area contributed by atoms with Gasteiger partial charge >= 0.3 is 0 Å². The van der Waals surface area contributed by atoms with Crippen molar-refractivity contribution in [1.29, 1.82) is 0 Å². The molecule has 5 nitrogen and oxygen atoms in total. The lowest BCUT2D eigenvalue weighted by atomic mass is 10.1. The van der Waals surface area contributed by atoms with Gasteiger partial charge in [-0.3, -0.25) is 5.43 Å². The van der Waals surface area contributed by atoms with E-state index in [1.807, 2.05) is 42.3 Å². The third kappa shape index (κ3) is 3.13. The predicted molar refractivity (Wildman–Crippen MR) is 78.1 cm³/mol. The molecular weight excluding hydrogens is 262 g/mol. The first-order valence-corrected chi connectivity index (χ1v) is 6.27. The largest absolute Gasteiger partial charge is 0.353 e. The van der Waals surface area contributed by atoms with E-state index in [4.69, 9.17) is 17.4 Å². The highest BCUT2D eigenvalue weighted by Crippen LogP contribution is 2.24. The van der Waals surface area contributed by atoms with Gasteiger partial charge in [-0.1, -0.05) is 23.7 Å². The Hall–Kier alpha value is -1.85. The lowest BCUT2D eigenvalue weighted by Crippen LogP contribution is -2.23. The SMILES string of the molecule is CC(c1ccc(Cl)cc1)N(C)c1ccnc(NN)n1. The van der Waals surface area contributed by atoms with Gasteiger partial charge in [0.05, 0.1) is 6.04 Å². The summed E-state index contributed by atoms with van der Waals surface area (Å²) in [6.07, 6.45) is 1.67. The zero-order chi connectivity index (χ0) is 13.8. The molecule has 1 heterocycles. The molecule has 0 aliphatic rings. The van der Waals surface area contributed by atoms with Crippen molar-refractivity contribution >= 4 is 23.4 Å². The van der Waals surface area contributed by atoms with Gasteiger partial charge in [-0.2, -0.15) is 4.98 Å². The molecule has 100 valence electrons. The summed E-state index contributed by atoms with van der Waals surface area (Å²) in [4.78, 5) is 10.3. The fraction of sp³-hybridized carbons (Fsp3) is 0.231. The van der Waals surface area contributed by atoms with Gasteiger partial charge in [-0.05, 0) is 30.7 Å².